The molecule has 11 heavy (non-hydrogen) atoms. The standard InChI is InChI=1S/C9H8O2/c10-5-7-3-6-1-2-8(11)4-9(6)7/h1-2,4-5,7,11H,3H2. The zero-order valence-electron chi connectivity index (χ0n) is 5.95. The van der Waals surface area contributed by atoms with E-state index in [1.807, 2.05) is 6.07 Å². The molecule has 1 atom stereocenters. The van der Waals surface area contributed by atoms with Gasteiger partial charge in [0.05, 0.1) is 0 Å². The number of fused-ring (bicyclic) bond motifs is 1. The van der Waals surface area contributed by atoms with Crippen LogP contribution < -0.4 is 0 Å². The first-order valence-electron chi connectivity index (χ1n) is 3.58. The van der Waals surface area contributed by atoms with Crippen molar-refractivity contribution in [3.8, 4) is 5.75 Å². The molecule has 2 rings (SSSR count). The second kappa shape index (κ2) is 2.09. The Hall–Kier alpha value is -1.31. The Kier molecular flexibility index (Phi) is 1.22. The first-order valence-corrected chi connectivity index (χ1v) is 3.58. The van der Waals surface area contributed by atoms with Crippen LogP contribution in [0.25, 0.3) is 0 Å². The summed E-state index contributed by atoms with van der Waals surface area (Å²) in [4.78, 5) is 10.4. The van der Waals surface area contributed by atoms with Gasteiger partial charge in [-0.25, -0.2) is 0 Å². The highest BCUT2D eigenvalue weighted by Gasteiger charge is 2.25. The molecule has 0 saturated heterocycles. The predicted octanol–water partition coefficient (Wildman–Crippen LogP) is 1.23. The van der Waals surface area contributed by atoms with Crippen LogP contribution in [0.4, 0.5) is 0 Å². The van der Waals surface area contributed by atoms with Gasteiger partial charge >= 0.3 is 0 Å². The molecular weight excluding hydrogens is 140 g/mol. The summed E-state index contributed by atoms with van der Waals surface area (Å²) in [5, 5.41) is 9.07. The third-order valence-electron chi connectivity index (χ3n) is 2.13. The molecule has 1 aliphatic rings. The van der Waals surface area contributed by atoms with Crippen LogP contribution in [0.2, 0.25) is 0 Å². The van der Waals surface area contributed by atoms with Crippen molar-refractivity contribution in [2.24, 2.45) is 0 Å². The van der Waals surface area contributed by atoms with E-state index in [0.717, 1.165) is 18.3 Å². The molecule has 56 valence electrons. The average molecular weight is 148 g/mol. The molecule has 1 unspecified atom stereocenters. The van der Waals surface area contributed by atoms with Crippen LogP contribution in [0, 0.1) is 0 Å². The monoisotopic (exact) mass is 148 g/mol. The van der Waals surface area contributed by atoms with Gasteiger partial charge in [-0.2, -0.15) is 0 Å². The maximum absolute atomic E-state index is 10.4. The number of phenols is 1. The normalized spacial score (nSPS) is 20.2. The number of benzene rings is 1. The predicted molar refractivity (Wildman–Crippen MR) is 40.6 cm³/mol. The molecule has 1 aromatic carbocycles. The Balaban J connectivity index is 2.44. The van der Waals surface area contributed by atoms with E-state index in [1.54, 1.807) is 12.1 Å². The van der Waals surface area contributed by atoms with E-state index < -0.39 is 0 Å². The van der Waals surface area contributed by atoms with E-state index in [-0.39, 0.29) is 11.7 Å². The van der Waals surface area contributed by atoms with Gasteiger partial charge in [-0.3, -0.25) is 0 Å². The van der Waals surface area contributed by atoms with Crippen molar-refractivity contribution in [3.05, 3.63) is 29.3 Å². The third kappa shape index (κ3) is 0.827. The number of phenolic OH excluding ortho intramolecular Hbond substituents is 1. The lowest BCUT2D eigenvalue weighted by molar-refractivity contribution is -0.109. The molecule has 0 aromatic heterocycles. The van der Waals surface area contributed by atoms with Crippen molar-refractivity contribution in [1.29, 1.82) is 0 Å². The molecule has 1 aromatic rings. The molecule has 0 amide bonds. The van der Waals surface area contributed by atoms with Crippen molar-refractivity contribution in [2.75, 3.05) is 0 Å². The SMILES string of the molecule is O=CC1Cc2ccc(O)cc21. The van der Waals surface area contributed by atoms with Crippen molar-refractivity contribution >= 4 is 6.29 Å². The Morgan fingerprint density at radius 1 is 1.55 bits per heavy atom. The third-order valence-corrected chi connectivity index (χ3v) is 2.13. The maximum atomic E-state index is 10.4. The summed E-state index contributed by atoms with van der Waals surface area (Å²) < 4.78 is 0. The van der Waals surface area contributed by atoms with Crippen molar-refractivity contribution < 1.29 is 9.90 Å². The van der Waals surface area contributed by atoms with Gasteiger partial charge in [-0.05, 0) is 29.7 Å². The van der Waals surface area contributed by atoms with E-state index in [2.05, 4.69) is 0 Å². The molecule has 1 N–H and O–H groups in total. The van der Waals surface area contributed by atoms with Crippen molar-refractivity contribution in [3.63, 3.8) is 0 Å². The minimum absolute atomic E-state index is 0.0251. The van der Waals surface area contributed by atoms with Crippen molar-refractivity contribution in [2.45, 2.75) is 12.3 Å². The molecule has 2 nitrogen and oxygen atoms in total. The van der Waals surface area contributed by atoms with Gasteiger partial charge in [0.25, 0.3) is 0 Å². The fraction of sp³-hybridized carbons (Fsp3) is 0.222. The highest BCUT2D eigenvalue weighted by atomic mass is 16.3. The summed E-state index contributed by atoms with van der Waals surface area (Å²) in [6.45, 7) is 0. The molecule has 0 heterocycles. The first-order chi connectivity index (χ1) is 5.31. The summed E-state index contributed by atoms with van der Waals surface area (Å²) >= 11 is 0. The molecule has 0 spiro atoms. The summed E-state index contributed by atoms with van der Waals surface area (Å²) in [5.74, 6) is 0.271. The Bertz CT molecular complexity index is 304. The maximum Gasteiger partial charge on any atom is 0.127 e. The van der Waals surface area contributed by atoms with Gasteiger partial charge in [-0.15, -0.1) is 0 Å². The summed E-state index contributed by atoms with van der Waals surface area (Å²) in [6, 6.07) is 5.18. The molecule has 0 saturated carbocycles. The topological polar surface area (TPSA) is 37.3 Å². The van der Waals surface area contributed by atoms with E-state index in [1.165, 1.54) is 5.56 Å². The van der Waals surface area contributed by atoms with Crippen LogP contribution in [-0.4, -0.2) is 11.4 Å². The Morgan fingerprint density at radius 3 is 3.09 bits per heavy atom. The number of rotatable bonds is 1. The van der Waals surface area contributed by atoms with Crippen LogP contribution >= 0.6 is 0 Å². The second-order valence-electron chi connectivity index (χ2n) is 2.83. The van der Waals surface area contributed by atoms with Crippen LogP contribution in [0.1, 0.15) is 17.0 Å². The fourth-order valence-electron chi connectivity index (χ4n) is 1.45. The Morgan fingerprint density at radius 2 is 2.36 bits per heavy atom. The number of hydrogen-bond acceptors (Lipinski definition) is 2. The smallest absolute Gasteiger partial charge is 0.127 e. The minimum Gasteiger partial charge on any atom is -0.508 e. The number of aldehydes is 1. The van der Waals surface area contributed by atoms with Crippen LogP contribution in [0.5, 0.6) is 5.75 Å². The van der Waals surface area contributed by atoms with Gasteiger partial charge in [0.2, 0.25) is 0 Å². The lowest BCUT2D eigenvalue weighted by atomic mass is 9.78. The lowest BCUT2D eigenvalue weighted by Gasteiger charge is -2.25. The quantitative estimate of drug-likeness (QED) is 0.608. The van der Waals surface area contributed by atoms with Crippen LogP contribution in [0.15, 0.2) is 18.2 Å². The molecule has 0 aliphatic heterocycles. The summed E-state index contributed by atoms with van der Waals surface area (Å²) in [6.07, 6.45) is 1.76. The largest absolute Gasteiger partial charge is 0.508 e. The molecular formula is C9H8O2. The molecule has 0 radical (unpaired) electrons. The van der Waals surface area contributed by atoms with Gasteiger partial charge in [-0.1, -0.05) is 6.07 Å². The zero-order valence-corrected chi connectivity index (χ0v) is 5.95. The molecule has 0 bridgehead atoms. The van der Waals surface area contributed by atoms with Crippen molar-refractivity contribution in [1.82, 2.24) is 0 Å². The number of carbonyl (C=O) groups is 1. The number of hydrogen-bond donors (Lipinski definition) is 1. The fourth-order valence-corrected chi connectivity index (χ4v) is 1.45. The van der Waals surface area contributed by atoms with Gasteiger partial charge in [0.1, 0.15) is 12.0 Å². The van der Waals surface area contributed by atoms with Crippen LogP contribution in [0.3, 0.4) is 0 Å². The average Bonchev–Trinajstić information content (AvgIpc) is 1.97. The van der Waals surface area contributed by atoms with E-state index >= 15 is 0 Å². The molecule has 2 heteroatoms. The van der Waals surface area contributed by atoms with Gasteiger partial charge in [0.15, 0.2) is 0 Å². The number of aromatic hydroxyl groups is 1. The zero-order chi connectivity index (χ0) is 7.84. The van der Waals surface area contributed by atoms with Gasteiger partial charge < -0.3 is 9.90 Å². The highest BCUT2D eigenvalue weighted by molar-refractivity contribution is 5.69. The molecule has 0 fully saturated rings. The summed E-state index contributed by atoms with van der Waals surface area (Å²) in [7, 11) is 0. The van der Waals surface area contributed by atoms with E-state index in [9.17, 15) is 4.79 Å². The number of carbonyl (C=O) groups excluding carboxylic acids is 1. The minimum atomic E-state index is 0.0251. The summed E-state index contributed by atoms with van der Waals surface area (Å²) in [5.41, 5.74) is 2.17. The first kappa shape index (κ1) is 6.40. The van der Waals surface area contributed by atoms with E-state index in [0.29, 0.717) is 0 Å². The highest BCUT2D eigenvalue weighted by Crippen LogP contribution is 2.35. The Labute approximate surface area is 64.5 Å². The van der Waals surface area contributed by atoms with Crippen LogP contribution in [-0.2, 0) is 11.2 Å². The molecule has 1 aliphatic carbocycles. The van der Waals surface area contributed by atoms with E-state index in [4.69, 9.17) is 5.11 Å². The van der Waals surface area contributed by atoms with Gasteiger partial charge in [0, 0.05) is 5.92 Å². The second-order valence-corrected chi connectivity index (χ2v) is 2.83. The lowest BCUT2D eigenvalue weighted by Crippen LogP contribution is -2.17.